The molecular weight excluding hydrogens is 309 g/mol. The van der Waals surface area contributed by atoms with E-state index in [-0.39, 0.29) is 5.97 Å². The van der Waals surface area contributed by atoms with Crippen molar-refractivity contribution in [1.29, 1.82) is 0 Å². The monoisotopic (exact) mass is 323 g/mol. The average Bonchev–Trinajstić information content (AvgIpc) is 2.49. The summed E-state index contributed by atoms with van der Waals surface area (Å²) in [4.78, 5) is 16.4. The number of aromatic nitrogens is 1. The third-order valence-corrected chi connectivity index (χ3v) is 3.76. The van der Waals surface area contributed by atoms with Crippen LogP contribution in [-0.2, 0) is 11.2 Å². The SMILES string of the molecule is CCOC(=O)c1ccc(-c2ccc(Cl)c(Cl)c2)nc1CC. The fourth-order valence-electron chi connectivity index (χ4n) is 1.98. The summed E-state index contributed by atoms with van der Waals surface area (Å²) in [5.74, 6) is -0.345. The second-order valence-corrected chi connectivity index (χ2v) is 5.21. The molecule has 0 aliphatic rings. The molecule has 5 heteroatoms. The van der Waals surface area contributed by atoms with Gasteiger partial charge < -0.3 is 4.74 Å². The highest BCUT2D eigenvalue weighted by Crippen LogP contribution is 2.28. The zero-order valence-corrected chi connectivity index (χ0v) is 13.3. The Balaban J connectivity index is 2.42. The van der Waals surface area contributed by atoms with Crippen LogP contribution in [0.4, 0.5) is 0 Å². The standard InChI is InChI=1S/C16H15Cl2NO2/c1-3-14-11(16(20)21-4-2)6-8-15(19-14)10-5-7-12(17)13(18)9-10/h5-9H,3-4H2,1-2H3. The van der Waals surface area contributed by atoms with Gasteiger partial charge in [0.25, 0.3) is 0 Å². The number of pyridine rings is 1. The molecule has 110 valence electrons. The van der Waals surface area contributed by atoms with Crippen LogP contribution in [0.5, 0.6) is 0 Å². The number of benzene rings is 1. The fraction of sp³-hybridized carbons (Fsp3) is 0.250. The molecule has 0 spiro atoms. The van der Waals surface area contributed by atoms with E-state index in [0.717, 1.165) is 11.3 Å². The highest BCUT2D eigenvalue weighted by molar-refractivity contribution is 6.42. The van der Waals surface area contributed by atoms with Gasteiger partial charge in [-0.05, 0) is 37.6 Å². The van der Waals surface area contributed by atoms with Gasteiger partial charge in [0.2, 0.25) is 0 Å². The highest BCUT2D eigenvalue weighted by atomic mass is 35.5. The Hall–Kier alpha value is -1.58. The molecule has 0 bridgehead atoms. The summed E-state index contributed by atoms with van der Waals surface area (Å²) in [5, 5.41) is 0.975. The third kappa shape index (κ3) is 3.55. The summed E-state index contributed by atoms with van der Waals surface area (Å²) >= 11 is 11.9. The predicted octanol–water partition coefficient (Wildman–Crippen LogP) is 4.79. The molecule has 0 saturated carbocycles. The van der Waals surface area contributed by atoms with E-state index in [1.165, 1.54) is 0 Å². The van der Waals surface area contributed by atoms with Crippen molar-refractivity contribution in [2.24, 2.45) is 0 Å². The van der Waals surface area contributed by atoms with Crippen molar-refractivity contribution >= 4 is 29.2 Å². The van der Waals surface area contributed by atoms with Crippen LogP contribution in [0.1, 0.15) is 29.9 Å². The van der Waals surface area contributed by atoms with Crippen LogP contribution in [0.25, 0.3) is 11.3 Å². The maximum absolute atomic E-state index is 11.9. The lowest BCUT2D eigenvalue weighted by Crippen LogP contribution is -2.09. The maximum atomic E-state index is 11.9. The molecule has 3 nitrogen and oxygen atoms in total. The number of carbonyl (C=O) groups excluding carboxylic acids is 1. The van der Waals surface area contributed by atoms with Crippen LogP contribution >= 0.6 is 23.2 Å². The summed E-state index contributed by atoms with van der Waals surface area (Å²) in [6, 6.07) is 8.86. The lowest BCUT2D eigenvalue weighted by atomic mass is 10.1. The molecule has 0 atom stereocenters. The Morgan fingerprint density at radius 3 is 2.52 bits per heavy atom. The third-order valence-electron chi connectivity index (χ3n) is 3.02. The minimum Gasteiger partial charge on any atom is -0.462 e. The molecule has 0 N–H and O–H groups in total. The number of nitrogens with zero attached hydrogens (tertiary/aromatic N) is 1. The first kappa shape index (κ1) is 15.8. The van der Waals surface area contributed by atoms with Gasteiger partial charge >= 0.3 is 5.97 Å². The van der Waals surface area contributed by atoms with Gasteiger partial charge in [0, 0.05) is 5.56 Å². The van der Waals surface area contributed by atoms with Gasteiger partial charge in [-0.1, -0.05) is 36.2 Å². The van der Waals surface area contributed by atoms with E-state index in [9.17, 15) is 4.79 Å². The molecule has 0 amide bonds. The molecule has 0 aliphatic heterocycles. The minimum atomic E-state index is -0.345. The van der Waals surface area contributed by atoms with Crippen LogP contribution in [0.3, 0.4) is 0 Å². The molecule has 0 unspecified atom stereocenters. The number of esters is 1. The number of hydrogen-bond acceptors (Lipinski definition) is 3. The van der Waals surface area contributed by atoms with Crippen molar-refractivity contribution in [3.8, 4) is 11.3 Å². The van der Waals surface area contributed by atoms with Crippen LogP contribution in [0, 0.1) is 0 Å². The average molecular weight is 324 g/mol. The molecular formula is C16H15Cl2NO2. The fourth-order valence-corrected chi connectivity index (χ4v) is 2.28. The molecule has 0 aliphatic carbocycles. The van der Waals surface area contributed by atoms with Crippen LogP contribution in [0.2, 0.25) is 10.0 Å². The van der Waals surface area contributed by atoms with E-state index in [1.54, 1.807) is 31.2 Å². The number of halogens is 2. The first-order valence-corrected chi connectivity index (χ1v) is 7.44. The summed E-state index contributed by atoms with van der Waals surface area (Å²) < 4.78 is 5.03. The quantitative estimate of drug-likeness (QED) is 0.759. The second kappa shape index (κ2) is 6.92. The Kier molecular flexibility index (Phi) is 5.21. The number of rotatable bonds is 4. The van der Waals surface area contributed by atoms with Gasteiger partial charge in [0.05, 0.1) is 33.6 Å². The Morgan fingerprint density at radius 2 is 1.90 bits per heavy atom. The van der Waals surface area contributed by atoms with Crippen molar-refractivity contribution in [2.75, 3.05) is 6.61 Å². The topological polar surface area (TPSA) is 39.2 Å². The van der Waals surface area contributed by atoms with E-state index in [0.29, 0.717) is 34.3 Å². The van der Waals surface area contributed by atoms with Crippen molar-refractivity contribution < 1.29 is 9.53 Å². The molecule has 0 saturated heterocycles. The minimum absolute atomic E-state index is 0.344. The van der Waals surface area contributed by atoms with Crippen LogP contribution in [0.15, 0.2) is 30.3 Å². The number of ether oxygens (including phenoxy) is 1. The van der Waals surface area contributed by atoms with E-state index >= 15 is 0 Å². The molecule has 2 rings (SSSR count). The largest absolute Gasteiger partial charge is 0.462 e. The van der Waals surface area contributed by atoms with E-state index in [2.05, 4.69) is 4.98 Å². The zero-order chi connectivity index (χ0) is 15.4. The van der Waals surface area contributed by atoms with Gasteiger partial charge in [-0.25, -0.2) is 4.79 Å². The summed E-state index contributed by atoms with van der Waals surface area (Å²) in [7, 11) is 0. The van der Waals surface area contributed by atoms with E-state index in [4.69, 9.17) is 27.9 Å². The van der Waals surface area contributed by atoms with Crippen molar-refractivity contribution in [3.63, 3.8) is 0 Å². The highest BCUT2D eigenvalue weighted by Gasteiger charge is 2.14. The summed E-state index contributed by atoms with van der Waals surface area (Å²) in [6.07, 6.45) is 0.642. The predicted molar refractivity (Wildman–Crippen MR) is 85.0 cm³/mol. The van der Waals surface area contributed by atoms with Crippen molar-refractivity contribution in [1.82, 2.24) is 4.98 Å². The molecule has 1 aromatic carbocycles. The molecule has 0 radical (unpaired) electrons. The van der Waals surface area contributed by atoms with Gasteiger partial charge in [0.1, 0.15) is 0 Å². The molecule has 1 heterocycles. The van der Waals surface area contributed by atoms with Crippen LogP contribution < -0.4 is 0 Å². The van der Waals surface area contributed by atoms with Crippen molar-refractivity contribution in [2.45, 2.75) is 20.3 Å². The molecule has 21 heavy (non-hydrogen) atoms. The van der Waals surface area contributed by atoms with Crippen molar-refractivity contribution in [3.05, 3.63) is 51.6 Å². The lowest BCUT2D eigenvalue weighted by Gasteiger charge is -2.09. The molecule has 2 aromatic rings. The van der Waals surface area contributed by atoms with Gasteiger partial charge in [-0.2, -0.15) is 0 Å². The Morgan fingerprint density at radius 1 is 1.14 bits per heavy atom. The normalized spacial score (nSPS) is 10.5. The zero-order valence-electron chi connectivity index (χ0n) is 11.8. The van der Waals surface area contributed by atoms with Crippen LogP contribution in [-0.4, -0.2) is 17.6 Å². The number of aryl methyl sites for hydroxylation is 1. The lowest BCUT2D eigenvalue weighted by molar-refractivity contribution is 0.0524. The first-order valence-electron chi connectivity index (χ1n) is 6.69. The number of hydrogen-bond donors (Lipinski definition) is 0. The Bertz CT molecular complexity index is 671. The van der Waals surface area contributed by atoms with Gasteiger partial charge in [-0.15, -0.1) is 0 Å². The number of carbonyl (C=O) groups is 1. The Labute approximate surface area is 133 Å². The van der Waals surface area contributed by atoms with E-state index in [1.807, 2.05) is 13.0 Å². The van der Waals surface area contributed by atoms with Gasteiger partial charge in [-0.3, -0.25) is 4.98 Å². The summed E-state index contributed by atoms with van der Waals surface area (Å²) in [6.45, 7) is 4.07. The second-order valence-electron chi connectivity index (χ2n) is 4.39. The summed E-state index contributed by atoms with van der Waals surface area (Å²) in [5.41, 5.74) is 2.81. The molecule has 1 aromatic heterocycles. The van der Waals surface area contributed by atoms with Gasteiger partial charge in [0.15, 0.2) is 0 Å². The molecule has 0 fully saturated rings. The maximum Gasteiger partial charge on any atom is 0.339 e. The smallest absolute Gasteiger partial charge is 0.339 e. The first-order chi connectivity index (χ1) is 10.1. The van der Waals surface area contributed by atoms with E-state index < -0.39 is 0 Å².